The molecule has 0 aliphatic rings. The number of nitrogen functional groups attached to an aromatic ring is 1. The van der Waals surface area contributed by atoms with Crippen LogP contribution in [0.2, 0.25) is 0 Å². The van der Waals surface area contributed by atoms with Crippen LogP contribution < -0.4 is 11.1 Å². The molecule has 0 saturated carbocycles. The summed E-state index contributed by atoms with van der Waals surface area (Å²) in [7, 11) is 0. The molecule has 2 atom stereocenters. The Labute approximate surface area is 107 Å². The van der Waals surface area contributed by atoms with Crippen LogP contribution in [-0.4, -0.2) is 22.7 Å². The number of hydrogen-bond donors (Lipinski definition) is 3. The van der Waals surface area contributed by atoms with E-state index in [4.69, 9.17) is 10.8 Å². The first-order valence-electron chi connectivity index (χ1n) is 6.14. The van der Waals surface area contributed by atoms with Crippen molar-refractivity contribution in [3.05, 3.63) is 30.5 Å². The predicted molar refractivity (Wildman–Crippen MR) is 75.5 cm³/mol. The summed E-state index contributed by atoms with van der Waals surface area (Å²) in [6.45, 7) is 4.23. The molecule has 0 spiro atoms. The topological polar surface area (TPSA) is 71.2 Å². The monoisotopic (exact) mass is 245 g/mol. The number of pyridine rings is 1. The third-order valence-corrected chi connectivity index (χ3v) is 3.33. The number of nitrogens with two attached hydrogens (primary N) is 1. The number of nitrogens with one attached hydrogen (secondary N) is 1. The number of hydrogen-bond acceptors (Lipinski definition) is 4. The largest absolute Gasteiger partial charge is 0.397 e. The molecule has 96 valence electrons. The highest BCUT2D eigenvalue weighted by Crippen LogP contribution is 2.26. The van der Waals surface area contributed by atoms with Crippen LogP contribution in [0.5, 0.6) is 0 Å². The average molecular weight is 245 g/mol. The fourth-order valence-corrected chi connectivity index (χ4v) is 1.87. The Morgan fingerprint density at radius 1 is 1.33 bits per heavy atom. The molecule has 4 heteroatoms. The first kappa shape index (κ1) is 12.6. The second-order valence-electron chi connectivity index (χ2n) is 4.69. The van der Waals surface area contributed by atoms with Gasteiger partial charge in [0.25, 0.3) is 0 Å². The maximum Gasteiger partial charge on any atom is 0.0951 e. The molecule has 4 nitrogen and oxygen atoms in total. The number of anilines is 2. The van der Waals surface area contributed by atoms with E-state index < -0.39 is 0 Å². The van der Waals surface area contributed by atoms with Crippen molar-refractivity contribution in [2.45, 2.75) is 19.9 Å². The lowest BCUT2D eigenvalue weighted by molar-refractivity contribution is 0.226. The molecule has 2 aromatic rings. The van der Waals surface area contributed by atoms with Crippen LogP contribution in [0.4, 0.5) is 11.4 Å². The van der Waals surface area contributed by atoms with Gasteiger partial charge in [0.15, 0.2) is 0 Å². The molecule has 4 N–H and O–H groups in total. The van der Waals surface area contributed by atoms with E-state index in [-0.39, 0.29) is 18.6 Å². The Hall–Kier alpha value is -1.81. The number of aliphatic hydroxyl groups excluding tert-OH is 1. The number of nitrogens with zero attached hydrogens (tertiary/aromatic N) is 1. The van der Waals surface area contributed by atoms with Crippen molar-refractivity contribution in [3.63, 3.8) is 0 Å². The molecule has 0 aliphatic carbocycles. The summed E-state index contributed by atoms with van der Waals surface area (Å²) in [5.41, 5.74) is 8.40. The van der Waals surface area contributed by atoms with Gasteiger partial charge in [0, 0.05) is 29.9 Å². The quantitative estimate of drug-likeness (QED) is 0.722. The lowest BCUT2D eigenvalue weighted by Gasteiger charge is -2.21. The van der Waals surface area contributed by atoms with Crippen LogP contribution in [0.25, 0.3) is 10.9 Å². The molecule has 2 unspecified atom stereocenters. The standard InChI is InChI=1S/C14H19N3O/c1-9(8-18)10(2)17-13-6-7-16-14-11(13)4-3-5-12(14)15/h3-7,9-10,18H,8,15H2,1-2H3,(H,16,17). The molecule has 0 aliphatic heterocycles. The zero-order valence-corrected chi connectivity index (χ0v) is 10.7. The molecule has 0 saturated heterocycles. The zero-order valence-electron chi connectivity index (χ0n) is 10.7. The van der Waals surface area contributed by atoms with E-state index in [0.29, 0.717) is 5.69 Å². The summed E-state index contributed by atoms with van der Waals surface area (Å²) in [6.07, 6.45) is 1.75. The van der Waals surface area contributed by atoms with Crippen molar-refractivity contribution in [2.75, 3.05) is 17.7 Å². The molecule has 0 radical (unpaired) electrons. The number of para-hydroxylation sites is 1. The summed E-state index contributed by atoms with van der Waals surface area (Å²) < 4.78 is 0. The fourth-order valence-electron chi connectivity index (χ4n) is 1.87. The van der Waals surface area contributed by atoms with Crippen LogP contribution >= 0.6 is 0 Å². The van der Waals surface area contributed by atoms with Crippen LogP contribution in [0, 0.1) is 5.92 Å². The first-order valence-corrected chi connectivity index (χ1v) is 6.14. The minimum atomic E-state index is 0.166. The van der Waals surface area contributed by atoms with Gasteiger partial charge in [0.1, 0.15) is 0 Å². The third-order valence-electron chi connectivity index (χ3n) is 3.33. The summed E-state index contributed by atoms with van der Waals surface area (Å²) in [5.74, 6) is 0.189. The highest BCUT2D eigenvalue weighted by atomic mass is 16.3. The molecule has 2 rings (SSSR count). The van der Waals surface area contributed by atoms with Gasteiger partial charge in [-0.1, -0.05) is 19.1 Å². The maximum atomic E-state index is 9.17. The molecular weight excluding hydrogens is 226 g/mol. The Bertz CT molecular complexity index is 542. The van der Waals surface area contributed by atoms with E-state index in [2.05, 4.69) is 17.2 Å². The molecule has 1 aromatic heterocycles. The van der Waals surface area contributed by atoms with Gasteiger partial charge in [0.05, 0.1) is 11.2 Å². The Morgan fingerprint density at radius 2 is 2.11 bits per heavy atom. The van der Waals surface area contributed by atoms with E-state index >= 15 is 0 Å². The molecule has 0 fully saturated rings. The number of aromatic nitrogens is 1. The van der Waals surface area contributed by atoms with Gasteiger partial charge in [-0.3, -0.25) is 4.98 Å². The van der Waals surface area contributed by atoms with Crippen molar-refractivity contribution in [1.29, 1.82) is 0 Å². The van der Waals surface area contributed by atoms with Gasteiger partial charge in [0.2, 0.25) is 0 Å². The molecule has 18 heavy (non-hydrogen) atoms. The minimum Gasteiger partial charge on any atom is -0.397 e. The average Bonchev–Trinajstić information content (AvgIpc) is 2.39. The van der Waals surface area contributed by atoms with Crippen molar-refractivity contribution < 1.29 is 5.11 Å². The van der Waals surface area contributed by atoms with Gasteiger partial charge >= 0.3 is 0 Å². The van der Waals surface area contributed by atoms with Gasteiger partial charge < -0.3 is 16.2 Å². The second kappa shape index (κ2) is 5.23. The van der Waals surface area contributed by atoms with Gasteiger partial charge in [-0.05, 0) is 25.0 Å². The van der Waals surface area contributed by atoms with Crippen LogP contribution in [-0.2, 0) is 0 Å². The van der Waals surface area contributed by atoms with E-state index in [1.54, 1.807) is 6.20 Å². The summed E-state index contributed by atoms with van der Waals surface area (Å²) in [5, 5.41) is 13.6. The van der Waals surface area contributed by atoms with Crippen LogP contribution in [0.3, 0.4) is 0 Å². The third kappa shape index (κ3) is 2.38. The number of aliphatic hydroxyl groups is 1. The van der Waals surface area contributed by atoms with Crippen LogP contribution in [0.1, 0.15) is 13.8 Å². The van der Waals surface area contributed by atoms with Gasteiger partial charge in [-0.15, -0.1) is 0 Å². The Morgan fingerprint density at radius 3 is 2.83 bits per heavy atom. The Balaban J connectivity index is 2.37. The van der Waals surface area contributed by atoms with E-state index in [1.807, 2.05) is 31.2 Å². The van der Waals surface area contributed by atoms with Gasteiger partial charge in [-0.25, -0.2) is 0 Å². The highest BCUT2D eigenvalue weighted by molar-refractivity contribution is 5.97. The van der Waals surface area contributed by atoms with Crippen molar-refractivity contribution in [3.8, 4) is 0 Å². The summed E-state index contributed by atoms with van der Waals surface area (Å²) in [6, 6.07) is 7.88. The normalized spacial score (nSPS) is 14.4. The van der Waals surface area contributed by atoms with E-state index in [9.17, 15) is 0 Å². The van der Waals surface area contributed by atoms with Crippen molar-refractivity contribution >= 4 is 22.3 Å². The lowest BCUT2D eigenvalue weighted by atomic mass is 10.0. The van der Waals surface area contributed by atoms with Crippen molar-refractivity contribution in [1.82, 2.24) is 4.98 Å². The number of fused-ring (bicyclic) bond motifs is 1. The molecular formula is C14H19N3O. The number of benzene rings is 1. The molecule has 1 heterocycles. The minimum absolute atomic E-state index is 0.166. The SMILES string of the molecule is CC(CO)C(C)Nc1ccnc2c(N)cccc12. The maximum absolute atomic E-state index is 9.17. The predicted octanol–water partition coefficient (Wildman–Crippen LogP) is 2.25. The lowest BCUT2D eigenvalue weighted by Crippen LogP contribution is -2.26. The van der Waals surface area contributed by atoms with Crippen molar-refractivity contribution in [2.24, 2.45) is 5.92 Å². The van der Waals surface area contributed by atoms with E-state index in [0.717, 1.165) is 16.6 Å². The highest BCUT2D eigenvalue weighted by Gasteiger charge is 2.12. The number of rotatable bonds is 4. The molecule has 0 amide bonds. The Kier molecular flexibility index (Phi) is 3.67. The first-order chi connectivity index (χ1) is 8.63. The van der Waals surface area contributed by atoms with Gasteiger partial charge in [-0.2, -0.15) is 0 Å². The molecule has 0 bridgehead atoms. The zero-order chi connectivity index (χ0) is 13.1. The van der Waals surface area contributed by atoms with E-state index in [1.165, 1.54) is 0 Å². The smallest absolute Gasteiger partial charge is 0.0951 e. The summed E-state index contributed by atoms with van der Waals surface area (Å²) >= 11 is 0. The second-order valence-corrected chi connectivity index (χ2v) is 4.69. The summed E-state index contributed by atoms with van der Waals surface area (Å²) in [4.78, 5) is 4.30. The fraction of sp³-hybridized carbons (Fsp3) is 0.357. The molecule has 1 aromatic carbocycles. The van der Waals surface area contributed by atoms with Crippen LogP contribution in [0.15, 0.2) is 30.5 Å².